The zero-order chi connectivity index (χ0) is 9.97. The fraction of sp³-hybridized carbons (Fsp3) is 0.455. The van der Waals surface area contributed by atoms with Crippen molar-refractivity contribution in [2.45, 2.75) is 19.6 Å². The van der Waals surface area contributed by atoms with Crippen molar-refractivity contribution in [2.24, 2.45) is 5.73 Å². The summed E-state index contributed by atoms with van der Waals surface area (Å²) in [7, 11) is 0. The monoisotopic (exact) mass is 193 g/mol. The van der Waals surface area contributed by atoms with E-state index in [1.54, 1.807) is 0 Å². The van der Waals surface area contributed by atoms with Crippen molar-refractivity contribution >= 4 is 0 Å². The van der Waals surface area contributed by atoms with Gasteiger partial charge in [-0.3, -0.25) is 0 Å². The molecule has 3 heteroatoms. The Balaban J connectivity index is 2.09. The molecule has 1 aromatic carbocycles. The zero-order valence-corrected chi connectivity index (χ0v) is 8.32. The average Bonchev–Trinajstić information content (AvgIpc) is 2.13. The van der Waals surface area contributed by atoms with E-state index in [-0.39, 0.29) is 6.10 Å². The third-order valence-corrected chi connectivity index (χ3v) is 2.38. The summed E-state index contributed by atoms with van der Waals surface area (Å²) in [6.45, 7) is 4.03. The first-order chi connectivity index (χ1) is 6.79. The van der Waals surface area contributed by atoms with Crippen LogP contribution in [0.2, 0.25) is 0 Å². The van der Waals surface area contributed by atoms with E-state index in [9.17, 15) is 0 Å². The van der Waals surface area contributed by atoms with E-state index in [1.165, 1.54) is 0 Å². The molecule has 0 atom stereocenters. The number of ether oxygens (including phenoxy) is 2. The van der Waals surface area contributed by atoms with E-state index in [0.29, 0.717) is 19.8 Å². The van der Waals surface area contributed by atoms with Gasteiger partial charge in [0.15, 0.2) is 0 Å². The molecule has 0 aliphatic carbocycles. The average molecular weight is 193 g/mol. The van der Waals surface area contributed by atoms with Gasteiger partial charge in [-0.15, -0.1) is 0 Å². The van der Waals surface area contributed by atoms with Crippen molar-refractivity contribution in [1.29, 1.82) is 0 Å². The normalized spacial score (nSPS) is 16.4. The quantitative estimate of drug-likeness (QED) is 0.785. The number of nitrogens with two attached hydrogens (primary N) is 1. The van der Waals surface area contributed by atoms with Crippen LogP contribution in [0.1, 0.15) is 11.1 Å². The molecule has 1 aromatic rings. The molecule has 0 unspecified atom stereocenters. The number of hydrogen-bond acceptors (Lipinski definition) is 3. The second-order valence-electron chi connectivity index (χ2n) is 3.58. The largest absolute Gasteiger partial charge is 0.485 e. The highest BCUT2D eigenvalue weighted by Gasteiger charge is 2.20. The molecule has 0 bridgehead atoms. The minimum Gasteiger partial charge on any atom is -0.485 e. The first-order valence-corrected chi connectivity index (χ1v) is 4.83. The van der Waals surface area contributed by atoms with Gasteiger partial charge in [0.2, 0.25) is 0 Å². The van der Waals surface area contributed by atoms with E-state index in [2.05, 4.69) is 6.07 Å². The van der Waals surface area contributed by atoms with Crippen LogP contribution < -0.4 is 10.5 Å². The molecule has 0 radical (unpaired) electrons. The Hall–Kier alpha value is -1.06. The van der Waals surface area contributed by atoms with Crippen LogP contribution in [0, 0.1) is 6.92 Å². The summed E-state index contributed by atoms with van der Waals surface area (Å²) in [5, 5.41) is 0. The van der Waals surface area contributed by atoms with Crippen molar-refractivity contribution in [3.05, 3.63) is 29.3 Å². The highest BCUT2D eigenvalue weighted by Crippen LogP contribution is 2.22. The second-order valence-corrected chi connectivity index (χ2v) is 3.58. The summed E-state index contributed by atoms with van der Waals surface area (Å²) in [6, 6.07) is 6.05. The lowest BCUT2D eigenvalue weighted by molar-refractivity contribution is -0.0799. The maximum atomic E-state index is 5.71. The van der Waals surface area contributed by atoms with Gasteiger partial charge in [0.1, 0.15) is 11.9 Å². The molecular formula is C11H15NO2. The maximum Gasteiger partial charge on any atom is 0.145 e. The van der Waals surface area contributed by atoms with Crippen LogP contribution in [-0.4, -0.2) is 19.3 Å². The Kier molecular flexibility index (Phi) is 2.70. The first-order valence-electron chi connectivity index (χ1n) is 4.83. The molecule has 0 amide bonds. The van der Waals surface area contributed by atoms with Crippen molar-refractivity contribution in [2.75, 3.05) is 13.2 Å². The van der Waals surface area contributed by atoms with Crippen LogP contribution in [0.3, 0.4) is 0 Å². The highest BCUT2D eigenvalue weighted by atomic mass is 16.6. The SMILES string of the molecule is Cc1cc(CN)ccc1OC1COC1. The van der Waals surface area contributed by atoms with Gasteiger partial charge in [0.25, 0.3) is 0 Å². The zero-order valence-electron chi connectivity index (χ0n) is 8.32. The summed E-state index contributed by atoms with van der Waals surface area (Å²) in [6.07, 6.45) is 0.234. The van der Waals surface area contributed by atoms with E-state index < -0.39 is 0 Å². The predicted molar refractivity (Wildman–Crippen MR) is 54.3 cm³/mol. The minimum atomic E-state index is 0.234. The van der Waals surface area contributed by atoms with Gasteiger partial charge in [-0.1, -0.05) is 12.1 Å². The third kappa shape index (κ3) is 1.89. The van der Waals surface area contributed by atoms with Gasteiger partial charge < -0.3 is 15.2 Å². The molecule has 1 aliphatic rings. The van der Waals surface area contributed by atoms with Crippen LogP contribution in [0.4, 0.5) is 0 Å². The summed E-state index contributed by atoms with van der Waals surface area (Å²) >= 11 is 0. The lowest BCUT2D eigenvalue weighted by Crippen LogP contribution is -2.38. The van der Waals surface area contributed by atoms with Crippen molar-refractivity contribution in [3.63, 3.8) is 0 Å². The molecule has 2 N–H and O–H groups in total. The number of hydrogen-bond donors (Lipinski definition) is 1. The Labute approximate surface area is 83.8 Å². The molecule has 0 spiro atoms. The van der Waals surface area contributed by atoms with E-state index in [4.69, 9.17) is 15.2 Å². The van der Waals surface area contributed by atoms with Crippen LogP contribution in [0.25, 0.3) is 0 Å². The maximum absolute atomic E-state index is 5.71. The van der Waals surface area contributed by atoms with Crippen molar-refractivity contribution in [3.8, 4) is 5.75 Å². The van der Waals surface area contributed by atoms with Gasteiger partial charge in [0.05, 0.1) is 13.2 Å². The topological polar surface area (TPSA) is 44.5 Å². The summed E-state index contributed by atoms with van der Waals surface area (Å²) in [5.74, 6) is 0.940. The van der Waals surface area contributed by atoms with Crippen LogP contribution in [0.5, 0.6) is 5.75 Å². The standard InChI is InChI=1S/C11H15NO2/c1-8-4-9(5-12)2-3-11(8)14-10-6-13-7-10/h2-4,10H,5-7,12H2,1H3. The van der Waals surface area contributed by atoms with Gasteiger partial charge >= 0.3 is 0 Å². The molecule has 14 heavy (non-hydrogen) atoms. The summed E-state index contributed by atoms with van der Waals surface area (Å²) in [5.41, 5.74) is 7.82. The molecule has 1 heterocycles. The van der Waals surface area contributed by atoms with Gasteiger partial charge in [-0.05, 0) is 24.1 Å². The third-order valence-electron chi connectivity index (χ3n) is 2.38. The highest BCUT2D eigenvalue weighted by molar-refractivity contribution is 5.36. The molecule has 1 fully saturated rings. The summed E-state index contributed by atoms with van der Waals surface area (Å²) < 4.78 is 10.8. The smallest absolute Gasteiger partial charge is 0.145 e. The number of aryl methyl sites for hydroxylation is 1. The molecule has 0 aromatic heterocycles. The van der Waals surface area contributed by atoms with Crippen LogP contribution in [0.15, 0.2) is 18.2 Å². The molecule has 2 rings (SSSR count). The van der Waals surface area contributed by atoms with E-state index in [1.807, 2.05) is 19.1 Å². The molecular weight excluding hydrogens is 178 g/mol. The van der Waals surface area contributed by atoms with E-state index in [0.717, 1.165) is 16.9 Å². The van der Waals surface area contributed by atoms with Crippen LogP contribution in [-0.2, 0) is 11.3 Å². The van der Waals surface area contributed by atoms with Crippen molar-refractivity contribution < 1.29 is 9.47 Å². The molecule has 76 valence electrons. The second kappa shape index (κ2) is 3.98. The fourth-order valence-corrected chi connectivity index (χ4v) is 1.43. The van der Waals surface area contributed by atoms with Crippen molar-refractivity contribution in [1.82, 2.24) is 0 Å². The molecule has 1 saturated heterocycles. The lowest BCUT2D eigenvalue weighted by atomic mass is 10.1. The van der Waals surface area contributed by atoms with Gasteiger partial charge in [-0.2, -0.15) is 0 Å². The molecule has 3 nitrogen and oxygen atoms in total. The Bertz CT molecular complexity index is 321. The fourth-order valence-electron chi connectivity index (χ4n) is 1.43. The Morgan fingerprint density at radius 1 is 1.50 bits per heavy atom. The first kappa shape index (κ1) is 9.49. The van der Waals surface area contributed by atoms with Gasteiger partial charge in [0, 0.05) is 6.54 Å². The number of rotatable bonds is 3. The van der Waals surface area contributed by atoms with Gasteiger partial charge in [-0.25, -0.2) is 0 Å². The molecule has 0 saturated carbocycles. The lowest BCUT2D eigenvalue weighted by Gasteiger charge is -2.27. The number of benzene rings is 1. The van der Waals surface area contributed by atoms with E-state index >= 15 is 0 Å². The summed E-state index contributed by atoms with van der Waals surface area (Å²) in [4.78, 5) is 0. The molecule has 1 aliphatic heterocycles. The van der Waals surface area contributed by atoms with Crippen LogP contribution >= 0.6 is 0 Å². The minimum absolute atomic E-state index is 0.234. The Morgan fingerprint density at radius 3 is 2.79 bits per heavy atom. The Morgan fingerprint density at radius 2 is 2.29 bits per heavy atom. The predicted octanol–water partition coefficient (Wildman–Crippen LogP) is 1.23.